The molecule has 1 N–H and O–H groups in total. The van der Waals surface area contributed by atoms with Gasteiger partial charge in [0.15, 0.2) is 0 Å². The smallest absolute Gasteiger partial charge is 0.341 e. The van der Waals surface area contributed by atoms with E-state index in [-0.39, 0.29) is 28.8 Å². The number of hydrogen-bond acceptors (Lipinski definition) is 2. The number of aryl methyl sites for hydroxylation is 1. The molecule has 0 unspecified atom stereocenters. The van der Waals surface area contributed by atoms with Crippen LogP contribution in [0.2, 0.25) is 5.02 Å². The fourth-order valence-electron chi connectivity index (χ4n) is 1.78. The molecular weight excluding hydrogens is 283 g/mol. The molecule has 0 saturated carbocycles. The quantitative estimate of drug-likeness (QED) is 0.925. The Bertz CT molecular complexity index is 656. The van der Waals surface area contributed by atoms with Crippen molar-refractivity contribution in [3.8, 4) is 5.75 Å². The molecule has 0 radical (unpaired) electrons. The lowest BCUT2D eigenvalue weighted by molar-refractivity contribution is 0.0692. The molecule has 3 nitrogen and oxygen atoms in total. The van der Waals surface area contributed by atoms with Crippen molar-refractivity contribution >= 4 is 17.6 Å². The van der Waals surface area contributed by atoms with Crippen molar-refractivity contribution in [3.05, 3.63) is 63.9 Å². The van der Waals surface area contributed by atoms with E-state index in [1.54, 1.807) is 12.1 Å². The van der Waals surface area contributed by atoms with Crippen LogP contribution in [-0.4, -0.2) is 11.1 Å². The highest BCUT2D eigenvalue weighted by Crippen LogP contribution is 2.27. The second-order valence-electron chi connectivity index (χ2n) is 4.28. The van der Waals surface area contributed by atoms with Gasteiger partial charge in [-0.2, -0.15) is 0 Å². The third-order valence-corrected chi connectivity index (χ3v) is 3.20. The molecule has 0 spiro atoms. The maximum atomic E-state index is 13.2. The summed E-state index contributed by atoms with van der Waals surface area (Å²) < 4.78 is 18.6. The summed E-state index contributed by atoms with van der Waals surface area (Å²) in [6, 6.07) is 8.96. The third-order valence-electron chi connectivity index (χ3n) is 2.88. The molecule has 0 fully saturated rings. The molecule has 0 heterocycles. The van der Waals surface area contributed by atoms with Gasteiger partial charge in [0.25, 0.3) is 0 Å². The Balaban J connectivity index is 2.25. The number of benzene rings is 2. The molecule has 20 heavy (non-hydrogen) atoms. The Labute approximate surface area is 120 Å². The molecule has 2 aromatic carbocycles. The van der Waals surface area contributed by atoms with Gasteiger partial charge in [-0.3, -0.25) is 0 Å². The van der Waals surface area contributed by atoms with Crippen LogP contribution in [0, 0.1) is 12.7 Å². The fourth-order valence-corrected chi connectivity index (χ4v) is 2.03. The first-order valence-electron chi connectivity index (χ1n) is 5.88. The minimum atomic E-state index is -1.17. The third kappa shape index (κ3) is 3.08. The number of hydrogen-bond donors (Lipinski definition) is 1. The van der Waals surface area contributed by atoms with Crippen LogP contribution in [0.3, 0.4) is 0 Å². The molecule has 0 saturated heterocycles. The molecule has 5 heteroatoms. The fraction of sp³-hybridized carbons (Fsp3) is 0.133. The Kier molecular flexibility index (Phi) is 4.25. The van der Waals surface area contributed by atoms with Gasteiger partial charge < -0.3 is 9.84 Å². The molecule has 0 aliphatic heterocycles. The van der Waals surface area contributed by atoms with Crippen molar-refractivity contribution in [3.63, 3.8) is 0 Å². The van der Waals surface area contributed by atoms with E-state index >= 15 is 0 Å². The molecule has 0 aromatic heterocycles. The summed E-state index contributed by atoms with van der Waals surface area (Å²) in [5, 5.41) is 9.22. The highest BCUT2D eigenvalue weighted by molar-refractivity contribution is 6.33. The zero-order chi connectivity index (χ0) is 14.7. The van der Waals surface area contributed by atoms with Crippen LogP contribution in [0.4, 0.5) is 4.39 Å². The zero-order valence-electron chi connectivity index (χ0n) is 10.7. The van der Waals surface area contributed by atoms with Gasteiger partial charge in [-0.05, 0) is 42.3 Å². The lowest BCUT2D eigenvalue weighted by Gasteiger charge is -2.11. The second-order valence-corrected chi connectivity index (χ2v) is 4.68. The summed E-state index contributed by atoms with van der Waals surface area (Å²) in [7, 11) is 0. The van der Waals surface area contributed by atoms with Gasteiger partial charge in [-0.15, -0.1) is 0 Å². The predicted octanol–water partition coefficient (Wildman–Crippen LogP) is 4.06. The van der Waals surface area contributed by atoms with Gasteiger partial charge in [-0.25, -0.2) is 9.18 Å². The van der Waals surface area contributed by atoms with E-state index in [0.717, 1.165) is 5.56 Å². The van der Waals surface area contributed by atoms with Gasteiger partial charge >= 0.3 is 5.97 Å². The van der Waals surface area contributed by atoms with Gasteiger partial charge in [0.2, 0.25) is 0 Å². The molecule has 104 valence electrons. The average Bonchev–Trinajstić information content (AvgIpc) is 2.39. The number of carboxylic acid groups (broad SMARTS) is 1. The molecule has 0 aliphatic rings. The first-order valence-corrected chi connectivity index (χ1v) is 6.26. The number of halogens is 2. The Morgan fingerprint density at radius 1 is 1.35 bits per heavy atom. The largest absolute Gasteiger partial charge is 0.488 e. The molecule has 2 rings (SSSR count). The van der Waals surface area contributed by atoms with Crippen molar-refractivity contribution in [2.24, 2.45) is 0 Å². The SMILES string of the molecule is Cc1ccc(F)cc1COc1cccc(Cl)c1C(=O)O. The van der Waals surface area contributed by atoms with Crippen LogP contribution in [0.25, 0.3) is 0 Å². The van der Waals surface area contributed by atoms with E-state index < -0.39 is 5.97 Å². The predicted molar refractivity (Wildman–Crippen MR) is 73.9 cm³/mol. The van der Waals surface area contributed by atoms with E-state index in [9.17, 15) is 9.18 Å². The number of ether oxygens (including phenoxy) is 1. The van der Waals surface area contributed by atoms with E-state index in [1.165, 1.54) is 24.3 Å². The number of carbonyl (C=O) groups is 1. The van der Waals surface area contributed by atoms with Gasteiger partial charge in [0, 0.05) is 0 Å². The summed E-state index contributed by atoms with van der Waals surface area (Å²) in [5.41, 5.74) is 1.43. The Hall–Kier alpha value is -2.07. The standard InChI is InChI=1S/C15H12ClFO3/c1-9-5-6-11(17)7-10(9)8-20-13-4-2-3-12(16)14(13)15(18)19/h2-7H,8H2,1H3,(H,18,19). The monoisotopic (exact) mass is 294 g/mol. The Morgan fingerprint density at radius 3 is 2.80 bits per heavy atom. The molecular formula is C15H12ClFO3. The lowest BCUT2D eigenvalue weighted by atomic mass is 10.1. The van der Waals surface area contributed by atoms with Crippen LogP contribution < -0.4 is 4.74 Å². The maximum Gasteiger partial charge on any atom is 0.341 e. The van der Waals surface area contributed by atoms with Crippen molar-refractivity contribution in [1.82, 2.24) is 0 Å². The first kappa shape index (κ1) is 14.3. The van der Waals surface area contributed by atoms with Crippen molar-refractivity contribution in [2.45, 2.75) is 13.5 Å². The van der Waals surface area contributed by atoms with Crippen molar-refractivity contribution < 1.29 is 19.0 Å². The summed E-state index contributed by atoms with van der Waals surface area (Å²) in [6.45, 7) is 1.90. The maximum absolute atomic E-state index is 13.2. The number of rotatable bonds is 4. The van der Waals surface area contributed by atoms with Crippen molar-refractivity contribution in [2.75, 3.05) is 0 Å². The van der Waals surface area contributed by atoms with E-state index in [2.05, 4.69) is 0 Å². The normalized spacial score (nSPS) is 10.3. The van der Waals surface area contributed by atoms with Crippen LogP contribution in [0.5, 0.6) is 5.75 Å². The first-order chi connectivity index (χ1) is 9.49. The van der Waals surface area contributed by atoms with E-state index in [0.29, 0.717) is 5.56 Å². The number of carboxylic acids is 1. The average molecular weight is 295 g/mol. The van der Waals surface area contributed by atoms with Gasteiger partial charge in [0.05, 0.1) is 5.02 Å². The zero-order valence-corrected chi connectivity index (χ0v) is 11.4. The summed E-state index contributed by atoms with van der Waals surface area (Å²) >= 11 is 5.84. The highest BCUT2D eigenvalue weighted by atomic mass is 35.5. The van der Waals surface area contributed by atoms with E-state index in [1.807, 2.05) is 6.92 Å². The van der Waals surface area contributed by atoms with E-state index in [4.69, 9.17) is 21.4 Å². The molecule has 0 aliphatic carbocycles. The number of aromatic carboxylic acids is 1. The summed E-state index contributed by atoms with van der Waals surface area (Å²) in [5.74, 6) is -1.37. The van der Waals surface area contributed by atoms with Gasteiger partial charge in [0.1, 0.15) is 23.7 Å². The molecule has 0 atom stereocenters. The summed E-state index contributed by atoms with van der Waals surface area (Å²) in [4.78, 5) is 11.2. The lowest BCUT2D eigenvalue weighted by Crippen LogP contribution is -2.05. The van der Waals surface area contributed by atoms with Crippen LogP contribution >= 0.6 is 11.6 Å². The topological polar surface area (TPSA) is 46.5 Å². The minimum Gasteiger partial charge on any atom is -0.488 e. The van der Waals surface area contributed by atoms with Gasteiger partial charge in [-0.1, -0.05) is 23.7 Å². The van der Waals surface area contributed by atoms with Crippen molar-refractivity contribution in [1.29, 1.82) is 0 Å². The molecule has 0 amide bonds. The van der Waals surface area contributed by atoms with Crippen LogP contribution in [0.1, 0.15) is 21.5 Å². The molecule has 0 bridgehead atoms. The van der Waals surface area contributed by atoms with Crippen LogP contribution in [-0.2, 0) is 6.61 Å². The highest BCUT2D eigenvalue weighted by Gasteiger charge is 2.15. The van der Waals surface area contributed by atoms with Crippen LogP contribution in [0.15, 0.2) is 36.4 Å². The molecule has 2 aromatic rings. The second kappa shape index (κ2) is 5.92. The minimum absolute atomic E-state index is 0.0736. The Morgan fingerprint density at radius 2 is 2.10 bits per heavy atom. The summed E-state index contributed by atoms with van der Waals surface area (Å²) in [6.07, 6.45) is 0.